The Morgan fingerprint density at radius 3 is 1.68 bits per heavy atom. The van der Waals surface area contributed by atoms with Crippen molar-refractivity contribution in [3.8, 4) is 62.1 Å². The molecular formula is C55H42N4. The van der Waals surface area contributed by atoms with E-state index >= 15 is 0 Å². The third-order valence-corrected chi connectivity index (χ3v) is 13.2. The zero-order valence-corrected chi connectivity index (χ0v) is 33.6. The number of hydrogen-bond acceptors (Lipinski definition) is 3. The molecule has 0 saturated carbocycles. The van der Waals surface area contributed by atoms with Crippen molar-refractivity contribution in [2.24, 2.45) is 0 Å². The predicted molar refractivity (Wildman–Crippen MR) is 245 cm³/mol. The summed E-state index contributed by atoms with van der Waals surface area (Å²) < 4.78 is 2.43. The molecule has 0 saturated heterocycles. The van der Waals surface area contributed by atoms with Gasteiger partial charge in [0.2, 0.25) is 0 Å². The number of benzene rings is 8. The first-order chi connectivity index (χ1) is 28.8. The first-order valence-electron chi connectivity index (χ1n) is 20.4. The molecule has 1 aliphatic rings. The summed E-state index contributed by atoms with van der Waals surface area (Å²) in [6, 6.07) is 65.0. The van der Waals surface area contributed by atoms with Gasteiger partial charge in [-0.25, -0.2) is 15.0 Å². The fraction of sp³-hybridized carbons (Fsp3) is 0.109. The van der Waals surface area contributed by atoms with Crippen molar-refractivity contribution in [1.82, 2.24) is 19.5 Å². The molecule has 0 aliphatic heterocycles. The van der Waals surface area contributed by atoms with E-state index < -0.39 is 0 Å². The molecule has 0 spiro atoms. The molecule has 2 aromatic heterocycles. The smallest absolute Gasteiger partial charge is 0.164 e. The highest BCUT2D eigenvalue weighted by Gasteiger charge is 2.47. The number of fused-ring (bicyclic) bond motifs is 8. The van der Waals surface area contributed by atoms with Crippen LogP contribution in [-0.4, -0.2) is 19.5 Å². The maximum absolute atomic E-state index is 5.11. The van der Waals surface area contributed by atoms with Crippen LogP contribution in [0.4, 0.5) is 0 Å². The van der Waals surface area contributed by atoms with E-state index in [1.54, 1.807) is 0 Å². The molecular weight excluding hydrogens is 717 g/mol. The SMILES string of the molecule is CC1(C)c2cc3c(cc2-c2ccc4ccccc4c2C1(C)C)c1ccccc1n3-c1ccc(-c2nc(-c3ccccc3)nc(-c3cccc(-c4ccccc4)c3)n2)cc1. The molecule has 59 heavy (non-hydrogen) atoms. The summed E-state index contributed by atoms with van der Waals surface area (Å²) in [7, 11) is 0. The van der Waals surface area contributed by atoms with Crippen molar-refractivity contribution in [3.63, 3.8) is 0 Å². The van der Waals surface area contributed by atoms with Gasteiger partial charge in [0.1, 0.15) is 0 Å². The zero-order valence-electron chi connectivity index (χ0n) is 33.6. The van der Waals surface area contributed by atoms with Crippen molar-refractivity contribution >= 4 is 32.6 Å². The highest BCUT2D eigenvalue weighted by Crippen LogP contribution is 2.56. The van der Waals surface area contributed by atoms with Gasteiger partial charge in [0.25, 0.3) is 0 Å². The Kier molecular flexibility index (Phi) is 7.83. The predicted octanol–water partition coefficient (Wildman–Crippen LogP) is 14.0. The zero-order chi connectivity index (χ0) is 39.9. The lowest BCUT2D eigenvalue weighted by atomic mass is 9.54. The van der Waals surface area contributed by atoms with Crippen LogP contribution in [0.3, 0.4) is 0 Å². The second kappa shape index (κ2) is 13.2. The van der Waals surface area contributed by atoms with E-state index in [0.29, 0.717) is 17.5 Å². The summed E-state index contributed by atoms with van der Waals surface area (Å²) in [4.78, 5) is 15.2. The van der Waals surface area contributed by atoms with Crippen LogP contribution < -0.4 is 0 Å². The monoisotopic (exact) mass is 758 g/mol. The van der Waals surface area contributed by atoms with Crippen molar-refractivity contribution in [2.45, 2.75) is 38.5 Å². The average Bonchev–Trinajstić information content (AvgIpc) is 3.61. The van der Waals surface area contributed by atoms with E-state index in [1.807, 2.05) is 24.3 Å². The Labute approximate surface area is 344 Å². The van der Waals surface area contributed by atoms with Crippen LogP contribution in [0.25, 0.3) is 94.7 Å². The molecule has 2 heterocycles. The molecule has 0 atom stereocenters. The topological polar surface area (TPSA) is 43.6 Å². The summed E-state index contributed by atoms with van der Waals surface area (Å²) >= 11 is 0. The van der Waals surface area contributed by atoms with Gasteiger partial charge in [-0.2, -0.15) is 0 Å². The van der Waals surface area contributed by atoms with Crippen LogP contribution in [0.5, 0.6) is 0 Å². The minimum Gasteiger partial charge on any atom is -0.309 e. The molecule has 4 nitrogen and oxygen atoms in total. The molecule has 4 heteroatoms. The number of para-hydroxylation sites is 1. The summed E-state index contributed by atoms with van der Waals surface area (Å²) in [5.74, 6) is 1.92. The van der Waals surface area contributed by atoms with Crippen molar-refractivity contribution in [2.75, 3.05) is 0 Å². The van der Waals surface area contributed by atoms with Crippen LogP contribution in [-0.2, 0) is 10.8 Å². The number of aromatic nitrogens is 4. The van der Waals surface area contributed by atoms with Crippen molar-refractivity contribution in [3.05, 3.63) is 193 Å². The molecule has 0 amide bonds. The second-order valence-electron chi connectivity index (χ2n) is 16.9. The maximum atomic E-state index is 5.11. The molecule has 0 unspecified atom stereocenters. The minimum absolute atomic E-state index is 0.118. The first kappa shape index (κ1) is 35.0. The van der Waals surface area contributed by atoms with Gasteiger partial charge < -0.3 is 4.57 Å². The second-order valence-corrected chi connectivity index (χ2v) is 16.9. The Bertz CT molecular complexity index is 3250. The number of nitrogens with zero attached hydrogens (tertiary/aromatic N) is 4. The van der Waals surface area contributed by atoms with Gasteiger partial charge in [0, 0.05) is 38.6 Å². The molecule has 11 rings (SSSR count). The molecule has 282 valence electrons. The third kappa shape index (κ3) is 5.47. The van der Waals surface area contributed by atoms with Crippen LogP contribution in [0.1, 0.15) is 38.8 Å². The fourth-order valence-corrected chi connectivity index (χ4v) is 9.43. The van der Waals surface area contributed by atoms with Gasteiger partial charge in [-0.1, -0.05) is 161 Å². The van der Waals surface area contributed by atoms with E-state index in [2.05, 4.69) is 190 Å². The Hall–Kier alpha value is -7.17. The number of hydrogen-bond donors (Lipinski definition) is 0. The van der Waals surface area contributed by atoms with Crippen LogP contribution in [0.2, 0.25) is 0 Å². The van der Waals surface area contributed by atoms with E-state index in [4.69, 9.17) is 15.0 Å². The lowest BCUT2D eigenvalue weighted by Crippen LogP contribution is -2.43. The highest BCUT2D eigenvalue weighted by atomic mass is 15.0. The van der Waals surface area contributed by atoms with Crippen LogP contribution in [0.15, 0.2) is 182 Å². The summed E-state index contributed by atoms with van der Waals surface area (Å²) in [5, 5.41) is 5.14. The van der Waals surface area contributed by atoms with Crippen LogP contribution in [0, 0.1) is 0 Å². The average molecular weight is 759 g/mol. The summed E-state index contributed by atoms with van der Waals surface area (Å²) in [6.07, 6.45) is 0. The lowest BCUT2D eigenvalue weighted by Gasteiger charge is -2.49. The van der Waals surface area contributed by atoms with Gasteiger partial charge in [0.15, 0.2) is 17.5 Å². The molecule has 10 aromatic rings. The van der Waals surface area contributed by atoms with Gasteiger partial charge in [-0.05, 0) is 98.1 Å². The molecule has 8 aromatic carbocycles. The van der Waals surface area contributed by atoms with E-state index in [1.165, 1.54) is 54.8 Å². The Morgan fingerprint density at radius 1 is 0.373 bits per heavy atom. The third-order valence-electron chi connectivity index (χ3n) is 13.2. The molecule has 0 fully saturated rings. The summed E-state index contributed by atoms with van der Waals surface area (Å²) in [6.45, 7) is 9.70. The van der Waals surface area contributed by atoms with Crippen LogP contribution >= 0.6 is 0 Å². The molecule has 0 N–H and O–H groups in total. The molecule has 1 aliphatic carbocycles. The standard InChI is InChI=1S/C55H42N4/c1-54(2)47-34-49-46(33-45(47)44-31-28-36-18-11-12-23-42(36)50(44)55(54,3)4)43-24-13-14-25-48(43)59(49)41-29-26-38(27-30-41)52-56-51(37-19-9-6-10-20-37)57-53(58-52)40-22-15-21-39(32-40)35-16-7-5-8-17-35/h5-34H,1-4H3. The van der Waals surface area contributed by atoms with Gasteiger partial charge >= 0.3 is 0 Å². The maximum Gasteiger partial charge on any atom is 0.164 e. The first-order valence-corrected chi connectivity index (χ1v) is 20.4. The van der Waals surface area contributed by atoms with E-state index in [9.17, 15) is 0 Å². The van der Waals surface area contributed by atoms with E-state index in [-0.39, 0.29) is 10.8 Å². The fourth-order valence-electron chi connectivity index (χ4n) is 9.43. The molecule has 0 bridgehead atoms. The Morgan fingerprint density at radius 2 is 0.949 bits per heavy atom. The van der Waals surface area contributed by atoms with Gasteiger partial charge in [0.05, 0.1) is 11.0 Å². The number of rotatable bonds is 5. The minimum atomic E-state index is -0.147. The van der Waals surface area contributed by atoms with Gasteiger partial charge in [-0.15, -0.1) is 0 Å². The van der Waals surface area contributed by atoms with E-state index in [0.717, 1.165) is 33.5 Å². The lowest BCUT2D eigenvalue weighted by molar-refractivity contribution is 0.301. The largest absolute Gasteiger partial charge is 0.309 e. The highest BCUT2D eigenvalue weighted by molar-refractivity contribution is 6.12. The van der Waals surface area contributed by atoms with Crippen molar-refractivity contribution in [1.29, 1.82) is 0 Å². The van der Waals surface area contributed by atoms with Gasteiger partial charge in [-0.3, -0.25) is 0 Å². The normalized spacial score (nSPS) is 14.0. The quantitative estimate of drug-likeness (QED) is 0.176. The van der Waals surface area contributed by atoms with Crippen molar-refractivity contribution < 1.29 is 0 Å². The Balaban J connectivity index is 1.06. The summed E-state index contributed by atoms with van der Waals surface area (Å²) in [5.41, 5.74) is 13.8. The molecule has 0 radical (unpaired) electrons.